The molecule has 0 bridgehead atoms. The standard InChI is InChI=1S/C23H28N4O2/c28-23(27-13-4-5-16-29-27)18-11-14-26(15-12-18)22-19-9-6-10-20(19)24-21(25-22)17-7-2-1-3-8-17/h1-3,7-8,18H,4-6,9-16H2. The summed E-state index contributed by atoms with van der Waals surface area (Å²) in [7, 11) is 0. The van der Waals surface area contributed by atoms with Gasteiger partial charge in [-0.15, -0.1) is 0 Å². The van der Waals surface area contributed by atoms with Crippen LogP contribution in [-0.4, -0.2) is 47.2 Å². The summed E-state index contributed by atoms with van der Waals surface area (Å²) < 4.78 is 0. The van der Waals surface area contributed by atoms with Crippen molar-refractivity contribution in [3.63, 3.8) is 0 Å². The Balaban J connectivity index is 1.34. The van der Waals surface area contributed by atoms with Crippen molar-refractivity contribution < 1.29 is 9.63 Å². The van der Waals surface area contributed by atoms with E-state index in [1.807, 2.05) is 18.2 Å². The maximum Gasteiger partial charge on any atom is 0.249 e. The third-order valence-corrected chi connectivity index (χ3v) is 6.34. The number of aromatic nitrogens is 2. The minimum absolute atomic E-state index is 0.0628. The molecular weight excluding hydrogens is 364 g/mol. The lowest BCUT2D eigenvalue weighted by Gasteiger charge is -2.36. The first-order valence-electron chi connectivity index (χ1n) is 10.9. The van der Waals surface area contributed by atoms with Crippen LogP contribution in [0.3, 0.4) is 0 Å². The van der Waals surface area contributed by atoms with Gasteiger partial charge in [-0.05, 0) is 44.9 Å². The van der Waals surface area contributed by atoms with Crippen molar-refractivity contribution in [2.45, 2.75) is 44.9 Å². The molecule has 3 aliphatic rings. The molecule has 2 aromatic rings. The van der Waals surface area contributed by atoms with Crippen molar-refractivity contribution >= 4 is 11.7 Å². The first-order chi connectivity index (χ1) is 14.3. The van der Waals surface area contributed by atoms with Crippen molar-refractivity contribution in [1.82, 2.24) is 15.0 Å². The van der Waals surface area contributed by atoms with Crippen LogP contribution < -0.4 is 4.90 Å². The van der Waals surface area contributed by atoms with E-state index in [9.17, 15) is 4.79 Å². The second-order valence-electron chi connectivity index (χ2n) is 8.26. The number of hydrogen-bond donors (Lipinski definition) is 0. The molecule has 0 unspecified atom stereocenters. The Morgan fingerprint density at radius 3 is 2.55 bits per heavy atom. The molecule has 0 N–H and O–H groups in total. The number of carbonyl (C=O) groups is 1. The molecule has 1 aromatic heterocycles. The van der Waals surface area contributed by atoms with Gasteiger partial charge in [-0.2, -0.15) is 0 Å². The van der Waals surface area contributed by atoms with Crippen molar-refractivity contribution in [2.24, 2.45) is 5.92 Å². The first-order valence-corrected chi connectivity index (χ1v) is 10.9. The highest BCUT2D eigenvalue weighted by molar-refractivity contribution is 5.78. The molecule has 0 radical (unpaired) electrons. The lowest BCUT2D eigenvalue weighted by Crippen LogP contribution is -2.44. The van der Waals surface area contributed by atoms with E-state index in [0.29, 0.717) is 6.61 Å². The van der Waals surface area contributed by atoms with Gasteiger partial charge < -0.3 is 4.90 Å². The number of fused-ring (bicyclic) bond motifs is 1. The van der Waals surface area contributed by atoms with Gasteiger partial charge >= 0.3 is 0 Å². The van der Waals surface area contributed by atoms with E-state index in [1.165, 1.54) is 11.3 Å². The molecule has 6 nitrogen and oxygen atoms in total. The summed E-state index contributed by atoms with van der Waals surface area (Å²) in [4.78, 5) is 30.6. The van der Waals surface area contributed by atoms with Crippen LogP contribution in [0.5, 0.6) is 0 Å². The fraction of sp³-hybridized carbons (Fsp3) is 0.522. The third-order valence-electron chi connectivity index (χ3n) is 6.34. The van der Waals surface area contributed by atoms with E-state index in [0.717, 1.165) is 81.8 Å². The fourth-order valence-corrected chi connectivity index (χ4v) is 4.70. The van der Waals surface area contributed by atoms with E-state index in [-0.39, 0.29) is 11.8 Å². The minimum atomic E-state index is 0.0628. The van der Waals surface area contributed by atoms with Crippen molar-refractivity contribution in [3.8, 4) is 11.4 Å². The number of rotatable bonds is 3. The van der Waals surface area contributed by atoms with Crippen LogP contribution in [0.1, 0.15) is 43.4 Å². The number of carbonyl (C=O) groups excluding carboxylic acids is 1. The first kappa shape index (κ1) is 18.6. The monoisotopic (exact) mass is 392 g/mol. The molecule has 2 aliphatic heterocycles. The average Bonchev–Trinajstić information content (AvgIpc) is 3.28. The van der Waals surface area contributed by atoms with Gasteiger partial charge in [0.05, 0.1) is 6.61 Å². The number of hydroxylamine groups is 2. The number of anilines is 1. The van der Waals surface area contributed by atoms with E-state index in [1.54, 1.807) is 5.06 Å². The largest absolute Gasteiger partial charge is 0.356 e. The second-order valence-corrected chi connectivity index (χ2v) is 8.26. The highest BCUT2D eigenvalue weighted by Gasteiger charge is 2.32. The summed E-state index contributed by atoms with van der Waals surface area (Å²) >= 11 is 0. The number of hydrogen-bond acceptors (Lipinski definition) is 5. The highest BCUT2D eigenvalue weighted by atomic mass is 16.7. The summed E-state index contributed by atoms with van der Waals surface area (Å²) in [6.07, 6.45) is 7.05. The Hall–Kier alpha value is -2.47. The normalized spacial score (nSPS) is 20.0. The van der Waals surface area contributed by atoms with Crippen molar-refractivity contribution in [1.29, 1.82) is 0 Å². The molecular formula is C23H28N4O2. The maximum absolute atomic E-state index is 12.8. The van der Waals surface area contributed by atoms with Gasteiger partial charge in [-0.3, -0.25) is 9.63 Å². The molecule has 2 fully saturated rings. The van der Waals surface area contributed by atoms with Gasteiger partial charge in [0.25, 0.3) is 0 Å². The molecule has 152 valence electrons. The van der Waals surface area contributed by atoms with E-state index in [4.69, 9.17) is 14.8 Å². The Morgan fingerprint density at radius 2 is 1.79 bits per heavy atom. The lowest BCUT2D eigenvalue weighted by atomic mass is 9.95. The Kier molecular flexibility index (Phi) is 5.19. The van der Waals surface area contributed by atoms with Crippen molar-refractivity contribution in [3.05, 3.63) is 41.6 Å². The van der Waals surface area contributed by atoms with E-state index >= 15 is 0 Å². The quantitative estimate of drug-likeness (QED) is 0.801. The van der Waals surface area contributed by atoms with Gasteiger partial charge in [-0.1, -0.05) is 30.3 Å². The van der Waals surface area contributed by atoms with Gasteiger partial charge in [0.1, 0.15) is 5.82 Å². The minimum Gasteiger partial charge on any atom is -0.356 e. The second kappa shape index (κ2) is 8.11. The molecule has 6 heteroatoms. The van der Waals surface area contributed by atoms with Gasteiger partial charge in [0.2, 0.25) is 5.91 Å². The van der Waals surface area contributed by atoms with Gasteiger partial charge in [0, 0.05) is 42.4 Å². The Labute approximate surface area is 171 Å². The van der Waals surface area contributed by atoms with Crippen LogP contribution >= 0.6 is 0 Å². The Morgan fingerprint density at radius 1 is 0.966 bits per heavy atom. The van der Waals surface area contributed by atoms with E-state index < -0.39 is 0 Å². The van der Waals surface area contributed by atoms with Crippen LogP contribution in [0.25, 0.3) is 11.4 Å². The summed E-state index contributed by atoms with van der Waals surface area (Å²) in [6.45, 7) is 3.13. The molecule has 1 aromatic carbocycles. The Bertz CT molecular complexity index is 872. The third kappa shape index (κ3) is 3.73. The molecule has 2 saturated heterocycles. The molecule has 0 saturated carbocycles. The van der Waals surface area contributed by atoms with Gasteiger partial charge in [-0.25, -0.2) is 15.0 Å². The van der Waals surface area contributed by atoms with Crippen LogP contribution in [0.4, 0.5) is 5.82 Å². The molecule has 0 atom stereocenters. The number of benzene rings is 1. The predicted molar refractivity (Wildman–Crippen MR) is 111 cm³/mol. The zero-order chi connectivity index (χ0) is 19.6. The van der Waals surface area contributed by atoms with Crippen LogP contribution in [-0.2, 0) is 22.5 Å². The molecule has 29 heavy (non-hydrogen) atoms. The van der Waals surface area contributed by atoms with E-state index in [2.05, 4.69) is 17.0 Å². The molecule has 0 spiro atoms. The number of nitrogens with zero attached hydrogens (tertiary/aromatic N) is 4. The maximum atomic E-state index is 12.8. The van der Waals surface area contributed by atoms with Gasteiger partial charge in [0.15, 0.2) is 5.82 Å². The zero-order valence-corrected chi connectivity index (χ0v) is 16.8. The zero-order valence-electron chi connectivity index (χ0n) is 16.8. The van der Waals surface area contributed by atoms with Crippen molar-refractivity contribution in [2.75, 3.05) is 31.1 Å². The summed E-state index contributed by atoms with van der Waals surface area (Å²) in [5, 5.41) is 1.61. The molecule has 1 amide bonds. The summed E-state index contributed by atoms with van der Waals surface area (Å²) in [6, 6.07) is 10.2. The fourth-order valence-electron chi connectivity index (χ4n) is 4.70. The highest BCUT2D eigenvalue weighted by Crippen LogP contribution is 2.33. The summed E-state index contributed by atoms with van der Waals surface area (Å²) in [5.41, 5.74) is 3.58. The van der Waals surface area contributed by atoms with Crippen LogP contribution in [0.2, 0.25) is 0 Å². The smallest absolute Gasteiger partial charge is 0.249 e. The average molecular weight is 393 g/mol. The molecule has 3 heterocycles. The SMILES string of the molecule is O=C(C1CCN(c2nc(-c3ccccc3)nc3c2CCC3)CC1)N1CCCCO1. The number of piperidine rings is 1. The van der Waals surface area contributed by atoms with Crippen LogP contribution in [0.15, 0.2) is 30.3 Å². The topological polar surface area (TPSA) is 58.6 Å². The molecule has 1 aliphatic carbocycles. The number of aryl methyl sites for hydroxylation is 1. The summed E-state index contributed by atoms with van der Waals surface area (Å²) in [5.74, 6) is 2.14. The van der Waals surface area contributed by atoms with Crippen LogP contribution in [0, 0.1) is 5.92 Å². The predicted octanol–water partition coefficient (Wildman–Crippen LogP) is 3.40. The molecule has 5 rings (SSSR count). The lowest BCUT2D eigenvalue weighted by molar-refractivity contribution is -0.201. The number of amides is 1.